The molecule has 0 aliphatic rings. The Balaban J connectivity index is 2.37. The van der Waals surface area contributed by atoms with Crippen LogP contribution >= 0.6 is 0 Å². The average Bonchev–Trinajstić information content (AvgIpc) is 2.43. The van der Waals surface area contributed by atoms with Gasteiger partial charge in [-0.05, 0) is 34.9 Å². The first-order valence-electron chi connectivity index (χ1n) is 6.98. The highest BCUT2D eigenvalue weighted by molar-refractivity contribution is 5.83. The van der Waals surface area contributed by atoms with Crippen LogP contribution < -0.4 is 5.32 Å². The molecule has 2 unspecified atom stereocenters. The Labute approximate surface area is 110 Å². The first kappa shape index (κ1) is 13.1. The lowest BCUT2D eigenvalue weighted by molar-refractivity contribution is 0.384. The fraction of sp³-hybridized carbons (Fsp3) is 0.412. The molecule has 0 aliphatic carbocycles. The molecule has 2 aromatic rings. The molecule has 0 bridgehead atoms. The molecule has 1 nitrogen and oxygen atoms in total. The largest absolute Gasteiger partial charge is 0.310 e. The summed E-state index contributed by atoms with van der Waals surface area (Å²) < 4.78 is 0. The van der Waals surface area contributed by atoms with E-state index in [0.29, 0.717) is 12.0 Å². The number of hydrogen-bond donors (Lipinski definition) is 1. The smallest absolute Gasteiger partial charge is 0.0346 e. The van der Waals surface area contributed by atoms with E-state index in [-0.39, 0.29) is 0 Å². The van der Waals surface area contributed by atoms with Gasteiger partial charge >= 0.3 is 0 Å². The van der Waals surface area contributed by atoms with Gasteiger partial charge in [0.2, 0.25) is 0 Å². The quantitative estimate of drug-likeness (QED) is 0.810. The van der Waals surface area contributed by atoms with E-state index in [1.165, 1.54) is 22.8 Å². The highest BCUT2D eigenvalue weighted by Crippen LogP contribution is 2.27. The molecule has 0 saturated heterocycles. The molecule has 1 N–H and O–H groups in total. The number of rotatable bonds is 5. The van der Waals surface area contributed by atoms with E-state index in [4.69, 9.17) is 0 Å². The maximum absolute atomic E-state index is 3.61. The third-order valence-corrected chi connectivity index (χ3v) is 3.77. The highest BCUT2D eigenvalue weighted by Gasteiger charge is 2.16. The van der Waals surface area contributed by atoms with Crippen LogP contribution in [0.1, 0.15) is 38.8 Å². The molecule has 0 spiro atoms. The van der Waals surface area contributed by atoms with Gasteiger partial charge in [0.05, 0.1) is 0 Å². The lowest BCUT2D eigenvalue weighted by Crippen LogP contribution is -2.26. The number of nitrogens with one attached hydrogen (secondary N) is 1. The first-order valence-corrected chi connectivity index (χ1v) is 6.98. The third kappa shape index (κ3) is 2.73. The van der Waals surface area contributed by atoms with Gasteiger partial charge in [-0.1, -0.05) is 63.6 Å². The Kier molecular flexibility index (Phi) is 4.38. The number of fused-ring (bicyclic) bond motifs is 1. The van der Waals surface area contributed by atoms with Crippen molar-refractivity contribution in [1.82, 2.24) is 5.32 Å². The summed E-state index contributed by atoms with van der Waals surface area (Å²) in [4.78, 5) is 0. The Morgan fingerprint density at radius 2 is 1.72 bits per heavy atom. The second kappa shape index (κ2) is 6.01. The first-order chi connectivity index (χ1) is 8.76. The fourth-order valence-corrected chi connectivity index (χ4v) is 2.50. The molecule has 0 aromatic heterocycles. The van der Waals surface area contributed by atoms with Crippen molar-refractivity contribution in [2.24, 2.45) is 5.92 Å². The summed E-state index contributed by atoms with van der Waals surface area (Å²) in [6.45, 7) is 7.77. The number of benzene rings is 2. The van der Waals surface area contributed by atoms with E-state index in [2.05, 4.69) is 68.6 Å². The van der Waals surface area contributed by atoms with Crippen LogP contribution in [0.15, 0.2) is 42.5 Å². The second-order valence-electron chi connectivity index (χ2n) is 5.03. The van der Waals surface area contributed by atoms with Crippen molar-refractivity contribution in [3.63, 3.8) is 0 Å². The van der Waals surface area contributed by atoms with E-state index < -0.39 is 0 Å². The molecule has 2 aromatic carbocycles. The van der Waals surface area contributed by atoms with Gasteiger partial charge in [0.1, 0.15) is 0 Å². The maximum Gasteiger partial charge on any atom is 0.0346 e. The van der Waals surface area contributed by atoms with Crippen molar-refractivity contribution in [3.05, 3.63) is 48.0 Å². The fourth-order valence-electron chi connectivity index (χ4n) is 2.50. The van der Waals surface area contributed by atoms with Gasteiger partial charge in [-0.25, -0.2) is 0 Å². The monoisotopic (exact) mass is 241 g/mol. The van der Waals surface area contributed by atoms with Gasteiger partial charge in [0.15, 0.2) is 0 Å². The van der Waals surface area contributed by atoms with Crippen LogP contribution in [0.2, 0.25) is 0 Å². The third-order valence-electron chi connectivity index (χ3n) is 3.77. The summed E-state index contributed by atoms with van der Waals surface area (Å²) in [6.07, 6.45) is 1.20. The minimum Gasteiger partial charge on any atom is -0.310 e. The molecule has 96 valence electrons. The van der Waals surface area contributed by atoms with Gasteiger partial charge in [-0.2, -0.15) is 0 Å². The lowest BCUT2D eigenvalue weighted by atomic mass is 9.91. The Morgan fingerprint density at radius 3 is 2.39 bits per heavy atom. The van der Waals surface area contributed by atoms with Gasteiger partial charge in [0, 0.05) is 6.04 Å². The van der Waals surface area contributed by atoms with E-state index in [9.17, 15) is 0 Å². The maximum atomic E-state index is 3.61. The van der Waals surface area contributed by atoms with Crippen molar-refractivity contribution >= 4 is 10.8 Å². The van der Waals surface area contributed by atoms with Crippen LogP contribution in [0.4, 0.5) is 0 Å². The second-order valence-corrected chi connectivity index (χ2v) is 5.03. The van der Waals surface area contributed by atoms with Gasteiger partial charge in [0.25, 0.3) is 0 Å². The van der Waals surface area contributed by atoms with Crippen LogP contribution in [-0.4, -0.2) is 6.54 Å². The van der Waals surface area contributed by atoms with Gasteiger partial charge in [-0.15, -0.1) is 0 Å². The van der Waals surface area contributed by atoms with E-state index in [0.717, 1.165) is 6.54 Å². The Morgan fingerprint density at radius 1 is 1.00 bits per heavy atom. The molecule has 0 heterocycles. The molecule has 0 radical (unpaired) electrons. The van der Waals surface area contributed by atoms with Crippen LogP contribution in [0, 0.1) is 5.92 Å². The molecule has 0 amide bonds. The molecule has 0 aliphatic heterocycles. The Hall–Kier alpha value is -1.34. The molecule has 18 heavy (non-hydrogen) atoms. The van der Waals surface area contributed by atoms with E-state index >= 15 is 0 Å². The van der Waals surface area contributed by atoms with Crippen molar-refractivity contribution in [2.75, 3.05) is 6.54 Å². The summed E-state index contributed by atoms with van der Waals surface area (Å²) in [6, 6.07) is 15.9. The predicted octanol–water partition coefficient (Wildman–Crippen LogP) is 4.54. The minimum atomic E-state index is 0.463. The van der Waals surface area contributed by atoms with Crippen LogP contribution in [0.3, 0.4) is 0 Å². The zero-order chi connectivity index (χ0) is 13.0. The molecule has 0 saturated carbocycles. The molecular weight excluding hydrogens is 218 g/mol. The van der Waals surface area contributed by atoms with Crippen molar-refractivity contribution < 1.29 is 0 Å². The molecule has 2 atom stereocenters. The van der Waals surface area contributed by atoms with Crippen LogP contribution in [0.25, 0.3) is 10.8 Å². The van der Waals surface area contributed by atoms with Gasteiger partial charge < -0.3 is 5.32 Å². The summed E-state index contributed by atoms with van der Waals surface area (Å²) >= 11 is 0. The topological polar surface area (TPSA) is 12.0 Å². The normalized spacial score (nSPS) is 14.6. The predicted molar refractivity (Wildman–Crippen MR) is 79.8 cm³/mol. The summed E-state index contributed by atoms with van der Waals surface area (Å²) in [5.41, 5.74) is 1.41. The van der Waals surface area contributed by atoms with E-state index in [1.807, 2.05) is 0 Å². The van der Waals surface area contributed by atoms with Crippen LogP contribution in [0.5, 0.6) is 0 Å². The summed E-state index contributed by atoms with van der Waals surface area (Å²) in [5.74, 6) is 0.658. The molecule has 1 heteroatoms. The van der Waals surface area contributed by atoms with Crippen molar-refractivity contribution in [2.45, 2.75) is 33.2 Å². The average molecular weight is 241 g/mol. The number of hydrogen-bond acceptors (Lipinski definition) is 1. The minimum absolute atomic E-state index is 0.463. The molecule has 2 rings (SSSR count). The Bertz CT molecular complexity index is 504. The SMILES string of the molecule is CCNC(c1ccc2ccccc2c1)C(C)CC. The van der Waals surface area contributed by atoms with Crippen molar-refractivity contribution in [3.8, 4) is 0 Å². The van der Waals surface area contributed by atoms with E-state index in [1.54, 1.807) is 0 Å². The van der Waals surface area contributed by atoms with Crippen LogP contribution in [-0.2, 0) is 0 Å². The molecular formula is C17H23N. The molecule has 0 fully saturated rings. The zero-order valence-electron chi connectivity index (χ0n) is 11.6. The zero-order valence-corrected chi connectivity index (χ0v) is 11.6. The lowest BCUT2D eigenvalue weighted by Gasteiger charge is -2.24. The van der Waals surface area contributed by atoms with Gasteiger partial charge in [-0.3, -0.25) is 0 Å². The summed E-state index contributed by atoms with van der Waals surface area (Å²) in [7, 11) is 0. The standard InChI is InChI=1S/C17H23N/c1-4-13(3)17(18-5-2)16-11-10-14-8-6-7-9-15(14)12-16/h6-13,17-18H,4-5H2,1-3H3. The highest BCUT2D eigenvalue weighted by atomic mass is 14.9. The summed E-state index contributed by atoms with van der Waals surface area (Å²) in [5, 5.41) is 6.27. The van der Waals surface area contributed by atoms with Crippen molar-refractivity contribution in [1.29, 1.82) is 0 Å².